The number of fused-ring (bicyclic) bond motifs is 1. The Bertz CT molecular complexity index is 985. The van der Waals surface area contributed by atoms with Crippen LogP contribution in [0, 0.1) is 11.3 Å². The van der Waals surface area contributed by atoms with E-state index in [1.54, 1.807) is 30.7 Å². The number of furan rings is 1. The molecule has 0 spiro atoms. The van der Waals surface area contributed by atoms with Crippen molar-refractivity contribution >= 4 is 6.01 Å². The molecule has 4 rings (SSSR count). The van der Waals surface area contributed by atoms with Gasteiger partial charge in [0.05, 0.1) is 36.1 Å². The minimum absolute atomic E-state index is 0.284. The average Bonchev–Trinajstić information content (AvgIpc) is 3.31. The predicted octanol–water partition coefficient (Wildman–Crippen LogP) is 3.42. The fraction of sp³-hybridized carbons (Fsp3) is 0.300. The van der Waals surface area contributed by atoms with Gasteiger partial charge in [0.25, 0.3) is 6.01 Å². The molecule has 1 aromatic carbocycles. The van der Waals surface area contributed by atoms with E-state index in [-0.39, 0.29) is 6.01 Å². The number of nitrogens with zero attached hydrogens (tertiary/aromatic N) is 2. The molecule has 1 aliphatic heterocycles. The highest BCUT2D eigenvalue weighted by Gasteiger charge is 2.43. The highest BCUT2D eigenvalue weighted by molar-refractivity contribution is 5.49. The smallest absolute Gasteiger partial charge is 0.295 e. The fourth-order valence-corrected chi connectivity index (χ4v) is 3.21. The number of hydrogen-bond acceptors (Lipinski definition) is 7. The largest absolute Gasteiger partial charge is 0.485 e. The molecule has 3 heterocycles. The van der Waals surface area contributed by atoms with Crippen molar-refractivity contribution in [2.24, 2.45) is 0 Å². The molecule has 0 unspecified atom stereocenters. The second-order valence-electron chi connectivity index (χ2n) is 7.04. The van der Waals surface area contributed by atoms with Gasteiger partial charge in [-0.05, 0) is 44.2 Å². The van der Waals surface area contributed by atoms with Crippen LogP contribution in [0.5, 0.6) is 5.75 Å². The number of benzene rings is 1. The molecule has 2 atom stereocenters. The molecule has 7 heteroatoms. The van der Waals surface area contributed by atoms with Crippen LogP contribution < -0.4 is 10.1 Å². The zero-order valence-electron chi connectivity index (χ0n) is 15.0. The van der Waals surface area contributed by atoms with Gasteiger partial charge in [0.1, 0.15) is 29.5 Å². The third-order valence-corrected chi connectivity index (χ3v) is 4.64. The van der Waals surface area contributed by atoms with Crippen LogP contribution in [-0.4, -0.2) is 21.8 Å². The van der Waals surface area contributed by atoms with Gasteiger partial charge < -0.3 is 24.0 Å². The van der Waals surface area contributed by atoms with Crippen molar-refractivity contribution in [1.29, 1.82) is 5.26 Å². The topological polar surface area (TPSA) is 104 Å². The Morgan fingerprint density at radius 2 is 2.15 bits per heavy atom. The molecule has 0 saturated heterocycles. The number of ether oxygens (including phenoxy) is 1. The number of aromatic nitrogens is 1. The Balaban J connectivity index is 1.62. The summed E-state index contributed by atoms with van der Waals surface area (Å²) >= 11 is 0. The van der Waals surface area contributed by atoms with Gasteiger partial charge in [-0.2, -0.15) is 10.2 Å². The summed E-state index contributed by atoms with van der Waals surface area (Å²) < 4.78 is 16.8. The summed E-state index contributed by atoms with van der Waals surface area (Å²) in [7, 11) is 0. The van der Waals surface area contributed by atoms with Gasteiger partial charge in [0.15, 0.2) is 0 Å². The summed E-state index contributed by atoms with van der Waals surface area (Å²) in [5.41, 5.74) is 1.07. The lowest BCUT2D eigenvalue weighted by atomic mass is 9.86. The maximum absolute atomic E-state index is 10.8. The maximum Gasteiger partial charge on any atom is 0.295 e. The zero-order valence-corrected chi connectivity index (χ0v) is 15.0. The molecular formula is C20H19N3O4. The Morgan fingerprint density at radius 3 is 2.89 bits per heavy atom. The van der Waals surface area contributed by atoms with Crippen LogP contribution in [0.25, 0.3) is 0 Å². The summed E-state index contributed by atoms with van der Waals surface area (Å²) in [4.78, 5) is 4.42. The molecule has 3 aromatic rings. The average molecular weight is 365 g/mol. The molecule has 0 radical (unpaired) electrons. The van der Waals surface area contributed by atoms with E-state index >= 15 is 0 Å². The molecule has 7 nitrogen and oxygen atoms in total. The van der Waals surface area contributed by atoms with E-state index in [0.717, 1.165) is 5.76 Å². The van der Waals surface area contributed by atoms with Crippen LogP contribution in [0.3, 0.4) is 0 Å². The highest BCUT2D eigenvalue weighted by Crippen LogP contribution is 2.41. The van der Waals surface area contributed by atoms with Gasteiger partial charge in [-0.1, -0.05) is 0 Å². The third-order valence-electron chi connectivity index (χ3n) is 4.64. The molecule has 27 heavy (non-hydrogen) atoms. The minimum Gasteiger partial charge on any atom is -0.485 e. The summed E-state index contributed by atoms with van der Waals surface area (Å²) in [5, 5.41) is 23.2. The molecule has 1 aliphatic rings. The Morgan fingerprint density at radius 1 is 1.30 bits per heavy atom. The quantitative estimate of drug-likeness (QED) is 0.730. The summed E-state index contributed by atoms with van der Waals surface area (Å²) in [6.07, 6.45) is 2.79. The van der Waals surface area contributed by atoms with Gasteiger partial charge in [-0.25, -0.2) is 0 Å². The molecular weight excluding hydrogens is 346 g/mol. The molecule has 0 bridgehead atoms. The number of anilines is 1. The van der Waals surface area contributed by atoms with Crippen LogP contribution in [0.2, 0.25) is 0 Å². The number of rotatable bonds is 4. The van der Waals surface area contributed by atoms with Gasteiger partial charge in [0.2, 0.25) is 0 Å². The lowest BCUT2D eigenvalue weighted by Crippen LogP contribution is -2.50. The minimum atomic E-state index is -0.876. The number of hydrogen-bond donors (Lipinski definition) is 2. The summed E-state index contributed by atoms with van der Waals surface area (Å²) in [5.74, 6) is 1.40. The molecule has 0 fully saturated rings. The van der Waals surface area contributed by atoms with E-state index in [9.17, 15) is 10.4 Å². The first-order valence-corrected chi connectivity index (χ1v) is 8.61. The van der Waals surface area contributed by atoms with E-state index in [2.05, 4.69) is 16.4 Å². The Kier molecular flexibility index (Phi) is 4.13. The van der Waals surface area contributed by atoms with E-state index in [4.69, 9.17) is 13.6 Å². The SMILES string of the molecule is CC1(C)Oc2ccc(C#N)cc2[C@H](Nc2nc(Cc3ccco3)co2)[C@H]1O. The van der Waals surface area contributed by atoms with Gasteiger partial charge in [-0.15, -0.1) is 0 Å². The van der Waals surface area contributed by atoms with Crippen molar-refractivity contribution in [3.05, 3.63) is 65.4 Å². The van der Waals surface area contributed by atoms with E-state index < -0.39 is 17.7 Å². The molecule has 2 aromatic heterocycles. The molecule has 0 saturated carbocycles. The predicted molar refractivity (Wildman–Crippen MR) is 96.3 cm³/mol. The van der Waals surface area contributed by atoms with Crippen LogP contribution >= 0.6 is 0 Å². The summed E-state index contributed by atoms with van der Waals surface area (Å²) in [6, 6.07) is 10.7. The number of nitriles is 1. The van der Waals surface area contributed by atoms with Crippen molar-refractivity contribution in [3.8, 4) is 11.8 Å². The highest BCUT2D eigenvalue weighted by atomic mass is 16.5. The molecule has 2 N–H and O–H groups in total. The number of nitrogens with one attached hydrogen (secondary N) is 1. The first kappa shape index (κ1) is 17.2. The van der Waals surface area contributed by atoms with Gasteiger partial charge >= 0.3 is 0 Å². The standard InChI is InChI=1S/C20H19N3O4/c1-20(2)18(24)17(15-8-12(10-21)5-6-16(15)27-20)23-19-22-13(11-26-19)9-14-4-3-7-25-14/h3-8,11,17-18,24H,9H2,1-2H3,(H,22,23)/t17-,18+/m0/s1. The normalized spacial score (nSPS) is 20.4. The first-order valence-electron chi connectivity index (χ1n) is 8.61. The van der Waals surface area contributed by atoms with Crippen molar-refractivity contribution in [2.45, 2.75) is 38.0 Å². The van der Waals surface area contributed by atoms with Crippen molar-refractivity contribution in [2.75, 3.05) is 5.32 Å². The monoisotopic (exact) mass is 365 g/mol. The molecule has 138 valence electrons. The second kappa shape index (κ2) is 6.49. The van der Waals surface area contributed by atoms with E-state index in [1.165, 1.54) is 0 Å². The Hall–Kier alpha value is -3.24. The lowest BCUT2D eigenvalue weighted by molar-refractivity contribution is -0.0536. The van der Waals surface area contributed by atoms with Gasteiger partial charge in [0, 0.05) is 5.56 Å². The van der Waals surface area contributed by atoms with Crippen LogP contribution in [-0.2, 0) is 6.42 Å². The third kappa shape index (κ3) is 3.27. The summed E-state index contributed by atoms with van der Waals surface area (Å²) in [6.45, 7) is 3.62. The van der Waals surface area contributed by atoms with E-state index in [1.807, 2.05) is 26.0 Å². The van der Waals surface area contributed by atoms with Crippen molar-refractivity contribution in [3.63, 3.8) is 0 Å². The lowest BCUT2D eigenvalue weighted by Gasteiger charge is -2.42. The molecule has 0 aliphatic carbocycles. The Labute approximate surface area is 156 Å². The zero-order chi connectivity index (χ0) is 19.0. The number of aliphatic hydroxyl groups is 1. The fourth-order valence-electron chi connectivity index (χ4n) is 3.21. The second-order valence-corrected chi connectivity index (χ2v) is 7.04. The van der Waals surface area contributed by atoms with E-state index in [0.29, 0.717) is 29.0 Å². The maximum atomic E-state index is 10.8. The number of aliphatic hydroxyl groups excluding tert-OH is 1. The van der Waals surface area contributed by atoms with Crippen LogP contribution in [0.4, 0.5) is 6.01 Å². The molecule has 0 amide bonds. The van der Waals surface area contributed by atoms with Crippen LogP contribution in [0.15, 0.2) is 51.7 Å². The van der Waals surface area contributed by atoms with Crippen LogP contribution in [0.1, 0.15) is 42.5 Å². The first-order chi connectivity index (χ1) is 13.0. The number of oxazole rings is 1. The van der Waals surface area contributed by atoms with Gasteiger partial charge in [-0.3, -0.25) is 0 Å². The van der Waals surface area contributed by atoms with Crippen molar-refractivity contribution in [1.82, 2.24) is 4.98 Å². The van der Waals surface area contributed by atoms with Crippen molar-refractivity contribution < 1.29 is 18.7 Å².